The average molecular weight is 236 g/mol. The van der Waals surface area contributed by atoms with Crippen LogP contribution in [0.1, 0.15) is 35.4 Å². The molecule has 0 unspecified atom stereocenters. The van der Waals surface area contributed by atoms with E-state index in [0.717, 1.165) is 12.8 Å². The van der Waals surface area contributed by atoms with Crippen LogP contribution in [-0.4, -0.2) is 31.0 Å². The molecule has 2 aromatic rings. The number of hydrogen-bond acceptors (Lipinski definition) is 5. The molecule has 0 spiro atoms. The number of carboxylic acid groups (broad SMARTS) is 1. The Hall–Kier alpha value is -2.18. The summed E-state index contributed by atoms with van der Waals surface area (Å²) in [6.07, 6.45) is 4.42. The molecule has 17 heavy (non-hydrogen) atoms. The van der Waals surface area contributed by atoms with Gasteiger partial charge in [0.2, 0.25) is 5.89 Å². The summed E-state index contributed by atoms with van der Waals surface area (Å²) in [6, 6.07) is 0. The third-order valence-corrected chi connectivity index (χ3v) is 2.16. The highest BCUT2D eigenvalue weighted by molar-refractivity contribution is 5.86. The van der Waals surface area contributed by atoms with Gasteiger partial charge in [0, 0.05) is 12.6 Å². The molecule has 1 N–H and O–H groups in total. The number of nitrogens with zero attached hydrogens (tertiary/aromatic N) is 4. The van der Waals surface area contributed by atoms with Crippen molar-refractivity contribution in [1.82, 2.24) is 19.9 Å². The summed E-state index contributed by atoms with van der Waals surface area (Å²) >= 11 is 0. The minimum absolute atomic E-state index is 0.137. The Balaban J connectivity index is 2.05. The van der Waals surface area contributed by atoms with Gasteiger partial charge in [-0.3, -0.25) is 4.68 Å². The molecule has 7 heteroatoms. The van der Waals surface area contributed by atoms with Crippen LogP contribution >= 0.6 is 0 Å². The maximum atomic E-state index is 10.7. The van der Waals surface area contributed by atoms with Gasteiger partial charge in [0.05, 0.1) is 11.8 Å². The minimum atomic E-state index is -1.01. The molecule has 90 valence electrons. The molecule has 0 amide bonds. The third kappa shape index (κ3) is 2.68. The third-order valence-electron chi connectivity index (χ3n) is 2.16. The van der Waals surface area contributed by atoms with Crippen molar-refractivity contribution in [2.45, 2.75) is 26.3 Å². The first-order valence-electron chi connectivity index (χ1n) is 5.26. The summed E-state index contributed by atoms with van der Waals surface area (Å²) in [5, 5.41) is 16.4. The Morgan fingerprint density at radius 2 is 2.41 bits per heavy atom. The molecule has 0 fully saturated rings. The number of carbonyl (C=O) groups is 1. The van der Waals surface area contributed by atoms with Crippen LogP contribution in [0.25, 0.3) is 0 Å². The smallest absolute Gasteiger partial charge is 0.338 e. The molecule has 0 atom stereocenters. The standard InChI is InChI=1S/C10H12N4O3/c1-2-3-8-12-9(17-13-8)6-14-5-7(4-11-14)10(15)16/h4-5H,2-3,6H2,1H3,(H,15,16). The molecule has 0 aromatic carbocycles. The van der Waals surface area contributed by atoms with Crippen LogP contribution in [0.15, 0.2) is 16.9 Å². The predicted molar refractivity (Wildman–Crippen MR) is 56.6 cm³/mol. The molecule has 0 saturated carbocycles. The van der Waals surface area contributed by atoms with Crippen molar-refractivity contribution in [2.75, 3.05) is 0 Å². The molecule has 2 heterocycles. The van der Waals surface area contributed by atoms with Crippen LogP contribution < -0.4 is 0 Å². The van der Waals surface area contributed by atoms with E-state index >= 15 is 0 Å². The highest BCUT2D eigenvalue weighted by atomic mass is 16.5. The summed E-state index contributed by atoms with van der Waals surface area (Å²) in [5.74, 6) is 0.0788. The molecule has 2 aromatic heterocycles. The average Bonchev–Trinajstić information content (AvgIpc) is 2.89. The maximum absolute atomic E-state index is 10.7. The van der Waals surface area contributed by atoms with Crippen molar-refractivity contribution in [3.8, 4) is 0 Å². The summed E-state index contributed by atoms with van der Waals surface area (Å²) < 4.78 is 6.47. The van der Waals surface area contributed by atoms with Gasteiger partial charge >= 0.3 is 5.97 Å². The van der Waals surface area contributed by atoms with Gasteiger partial charge in [0.1, 0.15) is 6.54 Å². The molecule has 7 nitrogen and oxygen atoms in total. The molecule has 2 rings (SSSR count). The topological polar surface area (TPSA) is 94.0 Å². The Kier molecular flexibility index (Phi) is 3.17. The van der Waals surface area contributed by atoms with E-state index < -0.39 is 5.97 Å². The van der Waals surface area contributed by atoms with E-state index in [-0.39, 0.29) is 12.1 Å². The first-order valence-corrected chi connectivity index (χ1v) is 5.26. The number of carboxylic acids is 1. The van der Waals surface area contributed by atoms with Crippen LogP contribution in [0.2, 0.25) is 0 Å². The van der Waals surface area contributed by atoms with Gasteiger partial charge in [-0.2, -0.15) is 10.1 Å². The monoisotopic (exact) mass is 236 g/mol. The van der Waals surface area contributed by atoms with Gasteiger partial charge in [-0.25, -0.2) is 4.79 Å². The fourth-order valence-corrected chi connectivity index (χ4v) is 1.38. The molecule has 0 aliphatic rings. The first-order chi connectivity index (χ1) is 8.19. The SMILES string of the molecule is CCCc1noc(Cn2cc(C(=O)O)cn2)n1. The quantitative estimate of drug-likeness (QED) is 0.831. The van der Waals surface area contributed by atoms with Crippen molar-refractivity contribution >= 4 is 5.97 Å². The zero-order valence-corrected chi connectivity index (χ0v) is 9.33. The lowest BCUT2D eigenvalue weighted by atomic mass is 10.3. The minimum Gasteiger partial charge on any atom is -0.478 e. The van der Waals surface area contributed by atoms with E-state index in [9.17, 15) is 4.79 Å². The second-order valence-corrected chi connectivity index (χ2v) is 3.59. The fourth-order valence-electron chi connectivity index (χ4n) is 1.38. The predicted octanol–water partition coefficient (Wildman–Crippen LogP) is 0.965. The summed E-state index contributed by atoms with van der Waals surface area (Å²) in [6.45, 7) is 2.31. The van der Waals surface area contributed by atoms with Crippen LogP contribution in [0.5, 0.6) is 0 Å². The Morgan fingerprint density at radius 3 is 3.06 bits per heavy atom. The van der Waals surface area contributed by atoms with Crippen molar-refractivity contribution in [3.63, 3.8) is 0 Å². The molecule has 0 aliphatic heterocycles. The molecule has 0 bridgehead atoms. The second-order valence-electron chi connectivity index (χ2n) is 3.59. The summed E-state index contributed by atoms with van der Waals surface area (Å²) in [7, 11) is 0. The Bertz CT molecular complexity index is 517. The highest BCUT2D eigenvalue weighted by Gasteiger charge is 2.09. The zero-order chi connectivity index (χ0) is 12.3. The van der Waals surface area contributed by atoms with Crippen molar-refractivity contribution in [2.24, 2.45) is 0 Å². The van der Waals surface area contributed by atoms with E-state index in [4.69, 9.17) is 9.63 Å². The van der Waals surface area contributed by atoms with E-state index in [1.165, 1.54) is 17.1 Å². The van der Waals surface area contributed by atoms with E-state index in [2.05, 4.69) is 15.2 Å². The molecular weight excluding hydrogens is 224 g/mol. The number of aryl methyl sites for hydroxylation is 1. The van der Waals surface area contributed by atoms with Crippen molar-refractivity contribution in [3.05, 3.63) is 29.7 Å². The van der Waals surface area contributed by atoms with Crippen molar-refractivity contribution < 1.29 is 14.4 Å². The number of rotatable bonds is 5. The highest BCUT2D eigenvalue weighted by Crippen LogP contribution is 2.04. The number of aromatic carboxylic acids is 1. The summed E-state index contributed by atoms with van der Waals surface area (Å²) in [4.78, 5) is 14.8. The number of aromatic nitrogens is 4. The van der Waals surface area contributed by atoms with Gasteiger partial charge in [-0.1, -0.05) is 12.1 Å². The molecule has 0 saturated heterocycles. The zero-order valence-electron chi connectivity index (χ0n) is 9.33. The second kappa shape index (κ2) is 4.77. The van der Waals surface area contributed by atoms with Gasteiger partial charge in [0.15, 0.2) is 5.82 Å². The molecular formula is C10H12N4O3. The number of hydrogen-bond donors (Lipinski definition) is 1. The lowest BCUT2D eigenvalue weighted by molar-refractivity contribution is 0.0696. The fraction of sp³-hybridized carbons (Fsp3) is 0.400. The summed E-state index contributed by atoms with van der Waals surface area (Å²) in [5.41, 5.74) is 0.137. The lowest BCUT2D eigenvalue weighted by Crippen LogP contribution is -2.01. The van der Waals surface area contributed by atoms with E-state index in [0.29, 0.717) is 11.7 Å². The van der Waals surface area contributed by atoms with Crippen LogP contribution in [-0.2, 0) is 13.0 Å². The van der Waals surface area contributed by atoms with Crippen LogP contribution in [0.3, 0.4) is 0 Å². The van der Waals surface area contributed by atoms with E-state index in [1.807, 2.05) is 6.92 Å². The molecule has 0 radical (unpaired) electrons. The van der Waals surface area contributed by atoms with Gasteiger partial charge in [-0.05, 0) is 6.42 Å². The van der Waals surface area contributed by atoms with Crippen molar-refractivity contribution in [1.29, 1.82) is 0 Å². The first kappa shape index (κ1) is 11.3. The Labute approximate surface area is 97.1 Å². The Morgan fingerprint density at radius 1 is 1.59 bits per heavy atom. The van der Waals surface area contributed by atoms with Gasteiger partial charge < -0.3 is 9.63 Å². The van der Waals surface area contributed by atoms with E-state index in [1.54, 1.807) is 0 Å². The molecule has 0 aliphatic carbocycles. The normalized spacial score (nSPS) is 10.6. The maximum Gasteiger partial charge on any atom is 0.338 e. The lowest BCUT2D eigenvalue weighted by Gasteiger charge is -1.93. The van der Waals surface area contributed by atoms with Crippen LogP contribution in [0.4, 0.5) is 0 Å². The largest absolute Gasteiger partial charge is 0.478 e. The van der Waals surface area contributed by atoms with Gasteiger partial charge in [0.25, 0.3) is 0 Å². The van der Waals surface area contributed by atoms with Gasteiger partial charge in [-0.15, -0.1) is 0 Å². The van der Waals surface area contributed by atoms with Crippen LogP contribution in [0, 0.1) is 0 Å².